The van der Waals surface area contributed by atoms with Crippen LogP contribution in [0.3, 0.4) is 0 Å². The standard InChI is InChI=1S/C16H25N3O2S/c1-12(2)13-5-4-6-14(9-13)19-15(17)18-10-16(7-8-16)11-22(3,20)21/h4-6,9,12H,7-8,10-11H2,1-3H3,(H3,17,18,19). The number of benzene rings is 1. The lowest BCUT2D eigenvalue weighted by Crippen LogP contribution is -2.26. The Bertz CT molecular complexity index is 662. The normalized spacial score (nSPS) is 17.5. The molecule has 0 amide bonds. The molecule has 0 heterocycles. The van der Waals surface area contributed by atoms with Gasteiger partial charge in [-0.25, -0.2) is 8.42 Å². The number of nitrogens with one attached hydrogen (secondary N) is 1. The molecule has 0 atom stereocenters. The minimum Gasteiger partial charge on any atom is -0.370 e. The molecule has 1 saturated carbocycles. The average molecular weight is 323 g/mol. The van der Waals surface area contributed by atoms with E-state index in [-0.39, 0.29) is 11.2 Å². The molecule has 3 N–H and O–H groups in total. The third kappa shape index (κ3) is 5.02. The minimum atomic E-state index is -2.97. The summed E-state index contributed by atoms with van der Waals surface area (Å²) < 4.78 is 22.9. The van der Waals surface area contributed by atoms with Crippen LogP contribution in [0.1, 0.15) is 38.2 Å². The second kappa shape index (κ2) is 6.28. The van der Waals surface area contributed by atoms with Gasteiger partial charge >= 0.3 is 0 Å². The summed E-state index contributed by atoms with van der Waals surface area (Å²) in [5.74, 6) is 0.977. The molecule has 0 aliphatic heterocycles. The molecule has 1 aliphatic rings. The molecule has 122 valence electrons. The van der Waals surface area contributed by atoms with Crippen molar-refractivity contribution in [2.45, 2.75) is 32.6 Å². The van der Waals surface area contributed by atoms with Gasteiger partial charge in [-0.3, -0.25) is 4.99 Å². The van der Waals surface area contributed by atoms with Crippen LogP contribution in [-0.4, -0.2) is 32.9 Å². The zero-order valence-electron chi connectivity index (χ0n) is 13.5. The molecule has 1 aromatic carbocycles. The predicted octanol–water partition coefficient (Wildman–Crippen LogP) is 2.36. The Balaban J connectivity index is 1.97. The van der Waals surface area contributed by atoms with Crippen LogP contribution in [0, 0.1) is 5.41 Å². The highest BCUT2D eigenvalue weighted by atomic mass is 32.2. The van der Waals surface area contributed by atoms with Crippen LogP contribution in [0.25, 0.3) is 0 Å². The number of aliphatic imine (C=N–C) groups is 1. The van der Waals surface area contributed by atoms with E-state index in [1.807, 2.05) is 12.1 Å². The highest BCUT2D eigenvalue weighted by molar-refractivity contribution is 7.90. The van der Waals surface area contributed by atoms with Gasteiger partial charge in [-0.1, -0.05) is 26.0 Å². The van der Waals surface area contributed by atoms with Crippen molar-refractivity contribution < 1.29 is 8.42 Å². The first-order chi connectivity index (χ1) is 10.2. The van der Waals surface area contributed by atoms with E-state index in [1.54, 1.807) is 0 Å². The Morgan fingerprint density at radius 2 is 2.09 bits per heavy atom. The van der Waals surface area contributed by atoms with Gasteiger partial charge in [-0.15, -0.1) is 0 Å². The van der Waals surface area contributed by atoms with Crippen molar-refractivity contribution in [3.63, 3.8) is 0 Å². The van der Waals surface area contributed by atoms with Gasteiger partial charge in [-0.2, -0.15) is 0 Å². The summed E-state index contributed by atoms with van der Waals surface area (Å²) in [5.41, 5.74) is 7.86. The summed E-state index contributed by atoms with van der Waals surface area (Å²) in [6.07, 6.45) is 3.08. The smallest absolute Gasteiger partial charge is 0.193 e. The van der Waals surface area contributed by atoms with Crippen LogP contribution in [-0.2, 0) is 9.84 Å². The SMILES string of the molecule is CC(C)c1cccc(NC(N)=NCC2(CS(C)(=O)=O)CC2)c1. The highest BCUT2D eigenvalue weighted by Gasteiger charge is 2.45. The number of hydrogen-bond donors (Lipinski definition) is 2. The van der Waals surface area contributed by atoms with Gasteiger partial charge in [0.2, 0.25) is 0 Å². The number of guanidine groups is 1. The summed E-state index contributed by atoms with van der Waals surface area (Å²) in [6, 6.07) is 8.06. The maximum absolute atomic E-state index is 11.4. The molecule has 22 heavy (non-hydrogen) atoms. The van der Waals surface area contributed by atoms with Crippen LogP contribution in [0.15, 0.2) is 29.3 Å². The molecule has 1 aromatic rings. The van der Waals surface area contributed by atoms with E-state index in [0.717, 1.165) is 18.5 Å². The van der Waals surface area contributed by atoms with E-state index in [0.29, 0.717) is 18.4 Å². The Morgan fingerprint density at radius 1 is 1.41 bits per heavy atom. The fourth-order valence-electron chi connectivity index (χ4n) is 2.50. The fraction of sp³-hybridized carbons (Fsp3) is 0.562. The van der Waals surface area contributed by atoms with E-state index in [4.69, 9.17) is 5.73 Å². The molecule has 0 saturated heterocycles. The van der Waals surface area contributed by atoms with Crippen LogP contribution in [0.4, 0.5) is 5.69 Å². The first-order valence-corrected chi connectivity index (χ1v) is 9.60. The molecular weight excluding hydrogens is 298 g/mol. The average Bonchev–Trinajstić information content (AvgIpc) is 3.14. The fourth-order valence-corrected chi connectivity index (χ4v) is 3.99. The first kappa shape index (κ1) is 16.8. The molecule has 0 spiro atoms. The van der Waals surface area contributed by atoms with Crippen molar-refractivity contribution in [3.8, 4) is 0 Å². The highest BCUT2D eigenvalue weighted by Crippen LogP contribution is 2.46. The van der Waals surface area contributed by atoms with Crippen molar-refractivity contribution in [3.05, 3.63) is 29.8 Å². The van der Waals surface area contributed by atoms with Crippen molar-refractivity contribution >= 4 is 21.5 Å². The van der Waals surface area contributed by atoms with Gasteiger partial charge in [0.15, 0.2) is 5.96 Å². The van der Waals surface area contributed by atoms with Crippen LogP contribution in [0.2, 0.25) is 0 Å². The Morgan fingerprint density at radius 3 is 2.64 bits per heavy atom. The van der Waals surface area contributed by atoms with Gasteiger partial charge < -0.3 is 11.1 Å². The van der Waals surface area contributed by atoms with E-state index >= 15 is 0 Å². The van der Waals surface area contributed by atoms with Gasteiger partial charge in [0, 0.05) is 23.9 Å². The quantitative estimate of drug-likeness (QED) is 0.622. The van der Waals surface area contributed by atoms with E-state index in [1.165, 1.54) is 11.8 Å². The van der Waals surface area contributed by atoms with Gasteiger partial charge in [0.05, 0.1) is 5.75 Å². The van der Waals surface area contributed by atoms with Crippen LogP contribution in [0.5, 0.6) is 0 Å². The van der Waals surface area contributed by atoms with Gasteiger partial charge in [0.1, 0.15) is 9.84 Å². The lowest BCUT2D eigenvalue weighted by atomic mass is 10.0. The molecular formula is C16H25N3O2S. The third-order valence-electron chi connectivity index (χ3n) is 3.94. The Kier molecular flexibility index (Phi) is 4.80. The molecule has 1 fully saturated rings. The number of nitrogens with two attached hydrogens (primary N) is 1. The summed E-state index contributed by atoms with van der Waals surface area (Å²) in [5, 5.41) is 3.08. The monoisotopic (exact) mass is 323 g/mol. The van der Waals surface area contributed by atoms with Crippen LogP contribution < -0.4 is 11.1 Å². The number of anilines is 1. The first-order valence-electron chi connectivity index (χ1n) is 7.54. The second-order valence-electron chi connectivity index (χ2n) is 6.68. The van der Waals surface area contributed by atoms with Crippen molar-refractivity contribution in [2.24, 2.45) is 16.1 Å². The summed E-state index contributed by atoms with van der Waals surface area (Å²) in [6.45, 7) is 4.74. The van der Waals surface area contributed by atoms with Gasteiger partial charge in [-0.05, 0) is 36.5 Å². The molecule has 0 aromatic heterocycles. The topological polar surface area (TPSA) is 84.5 Å². The molecule has 1 aliphatic carbocycles. The predicted molar refractivity (Wildman–Crippen MR) is 92.0 cm³/mol. The minimum absolute atomic E-state index is 0.194. The molecule has 0 radical (unpaired) electrons. The second-order valence-corrected chi connectivity index (χ2v) is 8.82. The number of sulfone groups is 1. The Hall–Kier alpha value is -1.56. The number of nitrogens with zero attached hydrogens (tertiary/aromatic N) is 1. The number of rotatable bonds is 6. The van der Waals surface area contributed by atoms with Crippen molar-refractivity contribution in [2.75, 3.05) is 23.9 Å². The van der Waals surface area contributed by atoms with E-state index < -0.39 is 9.84 Å². The Labute approximate surface area is 132 Å². The summed E-state index contributed by atoms with van der Waals surface area (Å²) >= 11 is 0. The summed E-state index contributed by atoms with van der Waals surface area (Å²) in [4.78, 5) is 4.33. The van der Waals surface area contributed by atoms with Crippen LogP contribution >= 0.6 is 0 Å². The largest absolute Gasteiger partial charge is 0.370 e. The molecule has 5 nitrogen and oxygen atoms in total. The van der Waals surface area contributed by atoms with Crippen molar-refractivity contribution in [1.29, 1.82) is 0 Å². The lowest BCUT2D eigenvalue weighted by molar-refractivity contribution is 0.552. The molecule has 0 bridgehead atoms. The van der Waals surface area contributed by atoms with E-state index in [2.05, 4.69) is 36.3 Å². The zero-order chi connectivity index (χ0) is 16.4. The molecule has 6 heteroatoms. The third-order valence-corrected chi connectivity index (χ3v) is 5.07. The number of hydrogen-bond acceptors (Lipinski definition) is 3. The zero-order valence-corrected chi connectivity index (χ0v) is 14.3. The maximum Gasteiger partial charge on any atom is 0.193 e. The molecule has 2 rings (SSSR count). The van der Waals surface area contributed by atoms with E-state index in [9.17, 15) is 8.42 Å². The summed E-state index contributed by atoms with van der Waals surface area (Å²) in [7, 11) is -2.97. The maximum atomic E-state index is 11.4. The van der Waals surface area contributed by atoms with Gasteiger partial charge in [0.25, 0.3) is 0 Å². The molecule has 0 unspecified atom stereocenters. The lowest BCUT2D eigenvalue weighted by Gasteiger charge is -2.13. The van der Waals surface area contributed by atoms with Crippen molar-refractivity contribution in [1.82, 2.24) is 0 Å².